The topological polar surface area (TPSA) is 3.88 Å². The van der Waals surface area contributed by atoms with Crippen LogP contribution in [0.25, 0.3) is 10.2 Å². The van der Waals surface area contributed by atoms with Crippen LogP contribution in [0.15, 0.2) is 12.1 Å². The molecule has 0 N–H and O–H groups in total. The molecule has 1 aliphatic carbocycles. The lowest BCUT2D eigenvalue weighted by Crippen LogP contribution is -3.00. The van der Waals surface area contributed by atoms with Crippen LogP contribution < -0.4 is 28.5 Å². The van der Waals surface area contributed by atoms with Gasteiger partial charge in [-0.15, -0.1) is 0 Å². The average molecular weight is 373 g/mol. The van der Waals surface area contributed by atoms with Crippen molar-refractivity contribution in [3.63, 3.8) is 0 Å². The van der Waals surface area contributed by atoms with Crippen molar-refractivity contribution in [2.75, 3.05) is 0 Å². The second-order valence-corrected chi connectivity index (χ2v) is 6.23. The van der Waals surface area contributed by atoms with Crippen molar-refractivity contribution in [3.05, 3.63) is 28.3 Å². The fourth-order valence-electron chi connectivity index (χ4n) is 2.98. The zero-order valence-electron chi connectivity index (χ0n) is 11.1. The van der Waals surface area contributed by atoms with Crippen LogP contribution in [0, 0.1) is 6.92 Å². The number of hydrogen-bond donors (Lipinski definition) is 0. The van der Waals surface area contributed by atoms with E-state index in [1.54, 1.807) is 15.8 Å². The molecule has 18 heavy (non-hydrogen) atoms. The van der Waals surface area contributed by atoms with Crippen LogP contribution in [0.2, 0.25) is 0 Å². The summed E-state index contributed by atoms with van der Waals surface area (Å²) in [4.78, 5) is 0. The largest absolute Gasteiger partial charge is 1.00 e. The summed E-state index contributed by atoms with van der Waals surface area (Å²) < 4.78 is 4.06. The predicted octanol–water partition coefficient (Wildman–Crippen LogP) is 0.790. The molecular formula is C15H20INS. The Kier molecular flexibility index (Phi) is 4.64. The smallest absolute Gasteiger partial charge is 0.235 e. The molecule has 2 aromatic rings. The predicted molar refractivity (Wildman–Crippen MR) is 73.7 cm³/mol. The lowest BCUT2D eigenvalue weighted by molar-refractivity contribution is -0.672. The number of rotatable bonds is 2. The Morgan fingerprint density at radius 3 is 2.78 bits per heavy atom. The molecule has 1 aromatic carbocycles. The van der Waals surface area contributed by atoms with E-state index in [1.165, 1.54) is 42.6 Å². The fraction of sp³-hybridized carbons (Fsp3) is 0.533. The SMILES string of the molecule is CCC[n+]1c(C)sc2c3c(ccc21)CCCC3.[I-]. The van der Waals surface area contributed by atoms with Crippen molar-refractivity contribution in [2.24, 2.45) is 0 Å². The van der Waals surface area contributed by atoms with Gasteiger partial charge in [0.15, 0.2) is 0 Å². The molecule has 0 spiro atoms. The molecule has 1 nitrogen and oxygen atoms in total. The van der Waals surface area contributed by atoms with Gasteiger partial charge in [-0.1, -0.05) is 24.3 Å². The first kappa shape index (κ1) is 14.3. The normalized spacial score (nSPS) is 14.3. The molecule has 0 fully saturated rings. The summed E-state index contributed by atoms with van der Waals surface area (Å²) in [5, 5.41) is 1.46. The van der Waals surface area contributed by atoms with Crippen molar-refractivity contribution >= 4 is 21.6 Å². The van der Waals surface area contributed by atoms with Gasteiger partial charge < -0.3 is 24.0 Å². The minimum Gasteiger partial charge on any atom is -1.00 e. The molecule has 1 aromatic heterocycles. The van der Waals surface area contributed by atoms with Crippen LogP contribution in [0.5, 0.6) is 0 Å². The first-order chi connectivity index (χ1) is 8.31. The second-order valence-electron chi connectivity index (χ2n) is 5.03. The summed E-state index contributed by atoms with van der Waals surface area (Å²) in [7, 11) is 0. The third-order valence-electron chi connectivity index (χ3n) is 3.83. The van der Waals surface area contributed by atoms with Gasteiger partial charge in [-0.3, -0.25) is 0 Å². The maximum atomic E-state index is 2.49. The molecule has 0 saturated heterocycles. The minimum atomic E-state index is 0. The summed E-state index contributed by atoms with van der Waals surface area (Å²) in [6, 6.07) is 4.72. The maximum absolute atomic E-state index is 2.49. The monoisotopic (exact) mass is 373 g/mol. The van der Waals surface area contributed by atoms with E-state index in [1.807, 2.05) is 11.3 Å². The third-order valence-corrected chi connectivity index (χ3v) is 5.00. The highest BCUT2D eigenvalue weighted by Crippen LogP contribution is 2.31. The van der Waals surface area contributed by atoms with Gasteiger partial charge in [-0.2, -0.15) is 4.57 Å². The van der Waals surface area contributed by atoms with Crippen LogP contribution in [-0.4, -0.2) is 0 Å². The summed E-state index contributed by atoms with van der Waals surface area (Å²) >= 11 is 2.00. The number of hydrogen-bond acceptors (Lipinski definition) is 1. The molecular weight excluding hydrogens is 353 g/mol. The fourth-order valence-corrected chi connectivity index (χ4v) is 4.22. The van der Waals surface area contributed by atoms with Crippen LogP contribution in [0.3, 0.4) is 0 Å². The lowest BCUT2D eigenvalue weighted by Gasteiger charge is -2.14. The first-order valence-electron chi connectivity index (χ1n) is 6.75. The molecule has 0 atom stereocenters. The van der Waals surface area contributed by atoms with Gasteiger partial charge in [-0.05, 0) is 36.8 Å². The average Bonchev–Trinajstić information content (AvgIpc) is 2.67. The standard InChI is InChI=1S/C15H20NS.HI/c1-3-10-16-11(2)17-15-13-7-5-4-6-12(13)8-9-14(15)16;/h8-9H,3-7,10H2,1-2H3;1H/q+1;/p-1. The van der Waals surface area contributed by atoms with Gasteiger partial charge in [0.1, 0.15) is 11.2 Å². The Morgan fingerprint density at radius 2 is 2.00 bits per heavy atom. The van der Waals surface area contributed by atoms with Gasteiger partial charge in [0, 0.05) is 19.4 Å². The molecule has 0 amide bonds. The number of thiazole rings is 1. The molecule has 1 heterocycles. The molecule has 0 unspecified atom stereocenters. The van der Waals surface area contributed by atoms with E-state index in [4.69, 9.17) is 0 Å². The Balaban J connectivity index is 0.00000120. The van der Waals surface area contributed by atoms with Gasteiger partial charge in [0.25, 0.3) is 0 Å². The zero-order valence-corrected chi connectivity index (χ0v) is 14.1. The zero-order chi connectivity index (χ0) is 11.8. The van der Waals surface area contributed by atoms with E-state index in [9.17, 15) is 0 Å². The maximum Gasteiger partial charge on any atom is 0.235 e. The van der Waals surface area contributed by atoms with E-state index >= 15 is 0 Å². The third kappa shape index (κ3) is 2.31. The van der Waals surface area contributed by atoms with Crippen molar-refractivity contribution < 1.29 is 28.5 Å². The van der Waals surface area contributed by atoms with Crippen LogP contribution in [-0.2, 0) is 19.4 Å². The number of aryl methyl sites for hydroxylation is 4. The molecule has 3 heteroatoms. The molecule has 1 aliphatic rings. The Labute approximate surface area is 130 Å². The highest BCUT2D eigenvalue weighted by Gasteiger charge is 2.22. The van der Waals surface area contributed by atoms with Crippen LogP contribution >= 0.6 is 11.3 Å². The van der Waals surface area contributed by atoms with E-state index in [2.05, 4.69) is 30.5 Å². The molecule has 0 bridgehead atoms. The Hall–Kier alpha value is -0.160. The Morgan fingerprint density at radius 1 is 1.22 bits per heavy atom. The van der Waals surface area contributed by atoms with E-state index in [0.717, 1.165) is 6.54 Å². The van der Waals surface area contributed by atoms with Gasteiger partial charge >= 0.3 is 0 Å². The quantitative estimate of drug-likeness (QED) is 0.542. The van der Waals surface area contributed by atoms with E-state index < -0.39 is 0 Å². The Bertz CT molecular complexity index is 559. The second kappa shape index (κ2) is 5.87. The van der Waals surface area contributed by atoms with Crippen molar-refractivity contribution in [1.82, 2.24) is 0 Å². The lowest BCUT2D eigenvalue weighted by atomic mass is 9.91. The molecule has 0 aliphatic heterocycles. The molecule has 0 radical (unpaired) electrons. The summed E-state index contributed by atoms with van der Waals surface area (Å²) in [6.45, 7) is 5.68. The molecule has 0 saturated carbocycles. The van der Waals surface area contributed by atoms with Gasteiger partial charge in [0.05, 0.1) is 0 Å². The number of aromatic nitrogens is 1. The summed E-state index contributed by atoms with van der Waals surface area (Å²) in [5.41, 5.74) is 4.72. The number of benzene rings is 1. The highest BCUT2D eigenvalue weighted by molar-refractivity contribution is 7.18. The van der Waals surface area contributed by atoms with E-state index in [-0.39, 0.29) is 24.0 Å². The number of halogens is 1. The van der Waals surface area contributed by atoms with Crippen LogP contribution in [0.4, 0.5) is 0 Å². The van der Waals surface area contributed by atoms with Crippen molar-refractivity contribution in [1.29, 1.82) is 0 Å². The summed E-state index contributed by atoms with van der Waals surface area (Å²) in [5.74, 6) is 0. The van der Waals surface area contributed by atoms with Crippen LogP contribution in [0.1, 0.15) is 42.3 Å². The molecule has 98 valence electrons. The number of nitrogens with zero attached hydrogens (tertiary/aromatic N) is 1. The van der Waals surface area contributed by atoms with Crippen molar-refractivity contribution in [2.45, 2.75) is 52.5 Å². The first-order valence-corrected chi connectivity index (χ1v) is 7.56. The van der Waals surface area contributed by atoms with Gasteiger partial charge in [-0.25, -0.2) is 0 Å². The molecule has 3 rings (SSSR count). The van der Waals surface area contributed by atoms with E-state index in [0.29, 0.717) is 0 Å². The van der Waals surface area contributed by atoms with Crippen molar-refractivity contribution in [3.8, 4) is 0 Å². The summed E-state index contributed by atoms with van der Waals surface area (Å²) in [6.07, 6.45) is 6.54. The highest BCUT2D eigenvalue weighted by atomic mass is 127. The minimum absolute atomic E-state index is 0. The van der Waals surface area contributed by atoms with Gasteiger partial charge in [0.2, 0.25) is 10.5 Å². The number of fused-ring (bicyclic) bond motifs is 3.